The number of fused-ring (bicyclic) bond motifs is 1. The number of anilines is 2. The number of hydrogen-bond donors (Lipinski definition) is 1. The first-order chi connectivity index (χ1) is 10.2. The highest BCUT2D eigenvalue weighted by Crippen LogP contribution is 2.26. The Hall–Kier alpha value is -2.30. The van der Waals surface area contributed by atoms with Crippen LogP contribution in [-0.2, 0) is 18.3 Å². The lowest BCUT2D eigenvalue weighted by Gasteiger charge is -2.31. The largest absolute Gasteiger partial charge is 0.371 e. The number of aromatic nitrogens is 2. The van der Waals surface area contributed by atoms with Gasteiger partial charge in [0.1, 0.15) is 0 Å². The number of nitrogens with zero attached hydrogens (tertiary/aromatic N) is 3. The van der Waals surface area contributed by atoms with Crippen LogP contribution in [0.25, 0.3) is 0 Å². The molecule has 3 rings (SSSR count). The molecule has 1 amide bonds. The molecule has 2 aromatic rings. The number of rotatable bonds is 4. The maximum Gasteiger partial charge on any atom is 0.227 e. The first-order valence-electron chi connectivity index (χ1n) is 7.35. The Bertz CT molecular complexity index is 635. The topological polar surface area (TPSA) is 50.2 Å². The molecule has 0 saturated carbocycles. The van der Waals surface area contributed by atoms with E-state index < -0.39 is 0 Å². The summed E-state index contributed by atoms with van der Waals surface area (Å²) in [5, 5.41) is 6.98. The zero-order valence-electron chi connectivity index (χ0n) is 12.2. The van der Waals surface area contributed by atoms with Gasteiger partial charge in [-0.15, -0.1) is 0 Å². The molecule has 0 aliphatic carbocycles. The van der Waals surface area contributed by atoms with Crippen molar-refractivity contribution in [1.29, 1.82) is 0 Å². The van der Waals surface area contributed by atoms with Gasteiger partial charge < -0.3 is 10.2 Å². The van der Waals surface area contributed by atoms with Crippen molar-refractivity contribution in [2.45, 2.75) is 19.3 Å². The van der Waals surface area contributed by atoms with Crippen LogP contribution in [0.5, 0.6) is 0 Å². The highest BCUT2D eigenvalue weighted by molar-refractivity contribution is 5.90. The number of hydrogen-bond acceptors (Lipinski definition) is 3. The van der Waals surface area contributed by atoms with Crippen molar-refractivity contribution in [1.82, 2.24) is 9.78 Å². The van der Waals surface area contributed by atoms with Crippen molar-refractivity contribution >= 4 is 17.4 Å². The monoisotopic (exact) mass is 284 g/mol. The van der Waals surface area contributed by atoms with Crippen LogP contribution in [0.15, 0.2) is 36.5 Å². The quantitative estimate of drug-likeness (QED) is 0.936. The van der Waals surface area contributed by atoms with Crippen LogP contribution in [0, 0.1) is 0 Å². The minimum Gasteiger partial charge on any atom is -0.371 e. The van der Waals surface area contributed by atoms with Crippen molar-refractivity contribution in [2.75, 3.05) is 23.3 Å². The molecule has 0 unspecified atom stereocenters. The van der Waals surface area contributed by atoms with Gasteiger partial charge in [0.15, 0.2) is 5.82 Å². The lowest BCUT2D eigenvalue weighted by Crippen LogP contribution is -2.32. The van der Waals surface area contributed by atoms with Gasteiger partial charge in [0, 0.05) is 44.5 Å². The van der Waals surface area contributed by atoms with Crippen molar-refractivity contribution in [2.24, 2.45) is 7.05 Å². The van der Waals surface area contributed by atoms with Crippen LogP contribution >= 0.6 is 0 Å². The van der Waals surface area contributed by atoms with Crippen LogP contribution in [0.2, 0.25) is 0 Å². The number of para-hydroxylation sites is 1. The van der Waals surface area contributed by atoms with E-state index in [-0.39, 0.29) is 5.91 Å². The Morgan fingerprint density at radius 1 is 1.33 bits per heavy atom. The van der Waals surface area contributed by atoms with E-state index in [4.69, 9.17) is 0 Å². The fourth-order valence-electron chi connectivity index (χ4n) is 2.77. The Morgan fingerprint density at radius 2 is 2.19 bits per heavy atom. The van der Waals surface area contributed by atoms with Crippen LogP contribution < -0.4 is 10.2 Å². The van der Waals surface area contributed by atoms with E-state index in [1.54, 1.807) is 10.7 Å². The van der Waals surface area contributed by atoms with Gasteiger partial charge in [-0.3, -0.25) is 9.48 Å². The smallest absolute Gasteiger partial charge is 0.227 e. The third-order valence-corrected chi connectivity index (χ3v) is 3.80. The number of aryl methyl sites for hydroxylation is 2. The molecule has 0 saturated heterocycles. The number of amides is 1. The summed E-state index contributed by atoms with van der Waals surface area (Å²) in [5.74, 6) is 0.623. The van der Waals surface area contributed by atoms with Gasteiger partial charge in [-0.1, -0.05) is 18.2 Å². The molecule has 1 aromatic carbocycles. The van der Waals surface area contributed by atoms with Crippen molar-refractivity contribution in [3.8, 4) is 0 Å². The zero-order valence-corrected chi connectivity index (χ0v) is 12.2. The van der Waals surface area contributed by atoms with Gasteiger partial charge in [-0.25, -0.2) is 0 Å². The van der Waals surface area contributed by atoms with E-state index in [9.17, 15) is 4.79 Å². The highest BCUT2D eigenvalue weighted by Gasteiger charge is 2.17. The second-order valence-corrected chi connectivity index (χ2v) is 5.39. The van der Waals surface area contributed by atoms with Gasteiger partial charge >= 0.3 is 0 Å². The lowest BCUT2D eigenvalue weighted by molar-refractivity contribution is -0.116. The molecule has 0 bridgehead atoms. The molecule has 0 spiro atoms. The average Bonchev–Trinajstić information content (AvgIpc) is 2.90. The second-order valence-electron chi connectivity index (χ2n) is 5.39. The standard InChI is InChI=1S/C16H20N4O/c1-19-11-8-15(18-19)17-16(21)9-12-20-10-4-6-13-5-2-3-7-14(13)20/h2-3,5,7-8,11H,4,6,9-10,12H2,1H3,(H,17,18,21). The summed E-state index contributed by atoms with van der Waals surface area (Å²) < 4.78 is 1.68. The van der Waals surface area contributed by atoms with Gasteiger partial charge in [-0.05, 0) is 24.5 Å². The SMILES string of the molecule is Cn1ccc(NC(=O)CCN2CCCc3ccccc32)n1. The number of carbonyl (C=O) groups excluding carboxylic acids is 1. The summed E-state index contributed by atoms with van der Waals surface area (Å²) in [4.78, 5) is 14.3. The van der Waals surface area contributed by atoms with Crippen LogP contribution in [-0.4, -0.2) is 28.8 Å². The van der Waals surface area contributed by atoms with E-state index in [0.717, 1.165) is 25.9 Å². The molecular formula is C16H20N4O. The van der Waals surface area contributed by atoms with Crippen LogP contribution in [0.3, 0.4) is 0 Å². The maximum absolute atomic E-state index is 12.0. The van der Waals surface area contributed by atoms with E-state index in [0.29, 0.717) is 12.2 Å². The predicted molar refractivity (Wildman–Crippen MR) is 83.4 cm³/mol. The van der Waals surface area contributed by atoms with E-state index >= 15 is 0 Å². The molecule has 1 aliphatic rings. The van der Waals surface area contributed by atoms with Gasteiger partial charge in [-0.2, -0.15) is 5.10 Å². The number of benzene rings is 1. The fraction of sp³-hybridized carbons (Fsp3) is 0.375. The van der Waals surface area contributed by atoms with E-state index in [1.807, 2.05) is 13.2 Å². The molecule has 110 valence electrons. The lowest BCUT2D eigenvalue weighted by atomic mass is 10.0. The maximum atomic E-state index is 12.0. The molecule has 1 aliphatic heterocycles. The summed E-state index contributed by atoms with van der Waals surface area (Å²) in [6.07, 6.45) is 4.58. The Morgan fingerprint density at radius 3 is 3.00 bits per heavy atom. The Kier molecular flexibility index (Phi) is 3.90. The summed E-state index contributed by atoms with van der Waals surface area (Å²) in [5.41, 5.74) is 2.66. The summed E-state index contributed by atoms with van der Waals surface area (Å²) in [6, 6.07) is 10.3. The van der Waals surface area contributed by atoms with Crippen LogP contribution in [0.4, 0.5) is 11.5 Å². The van der Waals surface area contributed by atoms with Crippen molar-refractivity contribution < 1.29 is 4.79 Å². The minimum atomic E-state index is 0.0109. The molecule has 1 aromatic heterocycles. The molecule has 0 atom stereocenters. The van der Waals surface area contributed by atoms with Crippen molar-refractivity contribution in [3.05, 3.63) is 42.1 Å². The Labute approximate surface area is 124 Å². The third-order valence-electron chi connectivity index (χ3n) is 3.80. The zero-order chi connectivity index (χ0) is 14.7. The van der Waals surface area contributed by atoms with Gasteiger partial charge in [0.2, 0.25) is 5.91 Å². The van der Waals surface area contributed by atoms with E-state index in [2.05, 4.69) is 39.6 Å². The first-order valence-corrected chi connectivity index (χ1v) is 7.35. The minimum absolute atomic E-state index is 0.0109. The van der Waals surface area contributed by atoms with E-state index in [1.165, 1.54) is 11.3 Å². The normalized spacial score (nSPS) is 13.9. The number of carbonyl (C=O) groups is 1. The third kappa shape index (κ3) is 3.24. The summed E-state index contributed by atoms with van der Waals surface area (Å²) >= 11 is 0. The fourth-order valence-corrected chi connectivity index (χ4v) is 2.77. The summed E-state index contributed by atoms with van der Waals surface area (Å²) in [6.45, 7) is 1.77. The van der Waals surface area contributed by atoms with Gasteiger partial charge in [0.25, 0.3) is 0 Å². The second kappa shape index (κ2) is 5.99. The number of nitrogens with one attached hydrogen (secondary N) is 1. The molecule has 5 heteroatoms. The first kappa shape index (κ1) is 13.7. The molecular weight excluding hydrogens is 264 g/mol. The van der Waals surface area contributed by atoms with Crippen molar-refractivity contribution in [3.63, 3.8) is 0 Å². The molecule has 0 fully saturated rings. The van der Waals surface area contributed by atoms with Gasteiger partial charge in [0.05, 0.1) is 0 Å². The Balaban J connectivity index is 1.57. The highest BCUT2D eigenvalue weighted by atomic mass is 16.1. The molecule has 1 N–H and O–H groups in total. The molecule has 5 nitrogen and oxygen atoms in total. The molecule has 0 radical (unpaired) electrons. The molecule has 21 heavy (non-hydrogen) atoms. The summed E-state index contributed by atoms with van der Waals surface area (Å²) in [7, 11) is 1.83. The molecule has 2 heterocycles. The average molecular weight is 284 g/mol. The van der Waals surface area contributed by atoms with Crippen LogP contribution in [0.1, 0.15) is 18.4 Å². The predicted octanol–water partition coefficient (Wildman–Crippen LogP) is 2.20.